The van der Waals surface area contributed by atoms with Crippen LogP contribution in [-0.4, -0.2) is 42.7 Å². The van der Waals surface area contributed by atoms with Gasteiger partial charge < -0.3 is 21.1 Å². The zero-order valence-corrected chi connectivity index (χ0v) is 12.8. The first-order valence-corrected chi connectivity index (χ1v) is 7.57. The number of nitrogens with one attached hydrogen (secondary N) is 1. The second kappa shape index (κ2) is 10.2. The van der Waals surface area contributed by atoms with Gasteiger partial charge in [-0.1, -0.05) is 12.1 Å². The monoisotopic (exact) mass is 293 g/mol. The number of unbranched alkanes of at least 4 members (excludes halogenated alkanes) is 2. The predicted molar refractivity (Wildman–Crippen MR) is 87.2 cm³/mol. The van der Waals surface area contributed by atoms with Crippen LogP contribution < -0.4 is 11.1 Å². The molecule has 0 aliphatic rings. The molecule has 0 fully saturated rings. The van der Waals surface area contributed by atoms with E-state index in [1.165, 1.54) is 0 Å². The Labute approximate surface area is 127 Å². The Morgan fingerprint density at radius 2 is 1.90 bits per heavy atom. The van der Waals surface area contributed by atoms with Gasteiger partial charge in [0.1, 0.15) is 0 Å². The molecule has 1 aromatic carbocycles. The molecular weight excluding hydrogens is 266 g/mol. The molecule has 0 radical (unpaired) electrons. The van der Waals surface area contributed by atoms with Crippen LogP contribution in [0.5, 0.6) is 0 Å². The molecule has 0 saturated carbocycles. The molecule has 5 heteroatoms. The van der Waals surface area contributed by atoms with Crippen LogP contribution in [0.1, 0.15) is 32.1 Å². The summed E-state index contributed by atoms with van der Waals surface area (Å²) in [6, 6.07) is 7.28. The highest BCUT2D eigenvalue weighted by Crippen LogP contribution is 2.16. The number of aliphatic hydroxyl groups excluding tert-OH is 1. The number of nitrogens with zero attached hydrogens (tertiary/aromatic N) is 1. The van der Waals surface area contributed by atoms with Gasteiger partial charge in [-0.3, -0.25) is 4.79 Å². The highest BCUT2D eigenvalue weighted by molar-refractivity contribution is 5.93. The topological polar surface area (TPSA) is 78.6 Å². The minimum Gasteiger partial charge on any atom is -0.397 e. The minimum atomic E-state index is 0.00146. The maximum absolute atomic E-state index is 11.8. The molecule has 0 spiro atoms. The van der Waals surface area contributed by atoms with Crippen LogP contribution in [0.2, 0.25) is 0 Å². The van der Waals surface area contributed by atoms with Gasteiger partial charge in [0.15, 0.2) is 0 Å². The highest BCUT2D eigenvalue weighted by Gasteiger charge is 2.05. The second-order valence-electron chi connectivity index (χ2n) is 5.33. The minimum absolute atomic E-state index is 0.00146. The van der Waals surface area contributed by atoms with Crippen molar-refractivity contribution in [3.8, 4) is 0 Å². The Bertz CT molecular complexity index is 424. The fourth-order valence-corrected chi connectivity index (χ4v) is 2.12. The van der Waals surface area contributed by atoms with Gasteiger partial charge in [0.25, 0.3) is 0 Å². The van der Waals surface area contributed by atoms with Gasteiger partial charge in [-0.2, -0.15) is 0 Å². The molecule has 0 aromatic heterocycles. The first-order valence-electron chi connectivity index (χ1n) is 7.57. The summed E-state index contributed by atoms with van der Waals surface area (Å²) in [5, 5.41) is 11.5. The van der Waals surface area contributed by atoms with Crippen LogP contribution in [0.25, 0.3) is 0 Å². The summed E-state index contributed by atoms with van der Waals surface area (Å²) in [6.07, 6.45) is 4.33. The summed E-state index contributed by atoms with van der Waals surface area (Å²) in [5.74, 6) is 0.00146. The van der Waals surface area contributed by atoms with E-state index in [0.717, 1.165) is 38.8 Å². The molecule has 118 valence electrons. The molecule has 0 atom stereocenters. The molecule has 5 nitrogen and oxygen atoms in total. The van der Waals surface area contributed by atoms with Crippen molar-refractivity contribution < 1.29 is 9.90 Å². The van der Waals surface area contributed by atoms with Crippen molar-refractivity contribution >= 4 is 17.3 Å². The molecule has 0 saturated heterocycles. The van der Waals surface area contributed by atoms with Crippen molar-refractivity contribution in [1.82, 2.24) is 4.90 Å². The molecule has 0 aliphatic heterocycles. The molecule has 1 aromatic rings. The fourth-order valence-electron chi connectivity index (χ4n) is 2.12. The third-order valence-corrected chi connectivity index (χ3v) is 3.38. The average Bonchev–Trinajstić information content (AvgIpc) is 2.46. The lowest BCUT2D eigenvalue weighted by Crippen LogP contribution is -2.22. The zero-order chi connectivity index (χ0) is 15.5. The van der Waals surface area contributed by atoms with E-state index in [0.29, 0.717) is 17.8 Å². The number of anilines is 2. The third-order valence-electron chi connectivity index (χ3n) is 3.38. The van der Waals surface area contributed by atoms with Crippen LogP contribution in [0, 0.1) is 0 Å². The van der Waals surface area contributed by atoms with Gasteiger partial charge in [0, 0.05) is 13.0 Å². The summed E-state index contributed by atoms with van der Waals surface area (Å²) < 4.78 is 0. The Morgan fingerprint density at radius 1 is 1.19 bits per heavy atom. The van der Waals surface area contributed by atoms with Crippen molar-refractivity contribution in [2.75, 3.05) is 37.8 Å². The highest BCUT2D eigenvalue weighted by atomic mass is 16.2. The van der Waals surface area contributed by atoms with Gasteiger partial charge in [-0.15, -0.1) is 0 Å². The summed E-state index contributed by atoms with van der Waals surface area (Å²) >= 11 is 0. The van der Waals surface area contributed by atoms with E-state index in [-0.39, 0.29) is 12.5 Å². The number of rotatable bonds is 10. The Morgan fingerprint density at radius 3 is 2.62 bits per heavy atom. The number of hydrogen-bond donors (Lipinski definition) is 3. The summed E-state index contributed by atoms with van der Waals surface area (Å²) in [5.41, 5.74) is 7.05. The number of carbonyl (C=O) groups excluding carboxylic acids is 1. The van der Waals surface area contributed by atoms with Gasteiger partial charge in [-0.25, -0.2) is 0 Å². The molecule has 0 aliphatic carbocycles. The van der Waals surface area contributed by atoms with Crippen LogP contribution in [0.3, 0.4) is 0 Å². The van der Waals surface area contributed by atoms with E-state index in [9.17, 15) is 4.79 Å². The van der Waals surface area contributed by atoms with Crippen LogP contribution in [0.4, 0.5) is 11.4 Å². The predicted octanol–water partition coefficient (Wildman–Crippen LogP) is 2.08. The summed E-state index contributed by atoms with van der Waals surface area (Å²) in [7, 11) is 2.06. The number of benzene rings is 1. The maximum Gasteiger partial charge on any atom is 0.224 e. The maximum atomic E-state index is 11.8. The standard InChI is InChI=1S/C16H27N3O2/c1-19(11-5-2-6-13-20)12-7-10-16(21)18-15-9-4-3-8-14(15)17/h3-4,8-9,20H,2,5-7,10-13,17H2,1H3,(H,18,21). The summed E-state index contributed by atoms with van der Waals surface area (Å²) in [4.78, 5) is 14.1. The molecular formula is C16H27N3O2. The van der Waals surface area contributed by atoms with E-state index in [4.69, 9.17) is 10.8 Å². The first kappa shape index (κ1) is 17.5. The number of nitrogen functional groups attached to an aromatic ring is 1. The second-order valence-corrected chi connectivity index (χ2v) is 5.33. The van der Waals surface area contributed by atoms with Crippen LogP contribution >= 0.6 is 0 Å². The lowest BCUT2D eigenvalue weighted by Gasteiger charge is -2.16. The Kier molecular flexibility index (Phi) is 8.47. The lowest BCUT2D eigenvalue weighted by molar-refractivity contribution is -0.116. The van der Waals surface area contributed by atoms with Crippen molar-refractivity contribution in [2.24, 2.45) is 0 Å². The smallest absolute Gasteiger partial charge is 0.224 e. The van der Waals surface area contributed by atoms with Crippen molar-refractivity contribution in [1.29, 1.82) is 0 Å². The van der Waals surface area contributed by atoms with Gasteiger partial charge in [-0.05, 0) is 58.0 Å². The number of hydrogen-bond acceptors (Lipinski definition) is 4. The van der Waals surface area contributed by atoms with Crippen LogP contribution in [0.15, 0.2) is 24.3 Å². The molecule has 0 heterocycles. The first-order chi connectivity index (χ1) is 10.1. The van der Waals surface area contributed by atoms with E-state index in [2.05, 4.69) is 17.3 Å². The van der Waals surface area contributed by atoms with Crippen molar-refractivity contribution in [3.63, 3.8) is 0 Å². The van der Waals surface area contributed by atoms with Gasteiger partial charge in [0.2, 0.25) is 5.91 Å². The average molecular weight is 293 g/mol. The summed E-state index contributed by atoms with van der Waals surface area (Å²) in [6.45, 7) is 2.18. The van der Waals surface area contributed by atoms with Crippen LogP contribution in [-0.2, 0) is 4.79 Å². The number of para-hydroxylation sites is 2. The zero-order valence-electron chi connectivity index (χ0n) is 12.8. The third kappa shape index (κ3) is 7.68. The molecule has 1 rings (SSSR count). The lowest BCUT2D eigenvalue weighted by atomic mass is 10.2. The Hall–Kier alpha value is -1.59. The number of carbonyl (C=O) groups is 1. The molecule has 0 unspecified atom stereocenters. The Balaban J connectivity index is 2.14. The van der Waals surface area contributed by atoms with Gasteiger partial charge >= 0.3 is 0 Å². The van der Waals surface area contributed by atoms with Crippen molar-refractivity contribution in [3.05, 3.63) is 24.3 Å². The number of aliphatic hydroxyl groups is 1. The number of amides is 1. The van der Waals surface area contributed by atoms with E-state index < -0.39 is 0 Å². The molecule has 4 N–H and O–H groups in total. The van der Waals surface area contributed by atoms with E-state index in [1.807, 2.05) is 12.1 Å². The van der Waals surface area contributed by atoms with E-state index in [1.54, 1.807) is 12.1 Å². The van der Waals surface area contributed by atoms with Gasteiger partial charge in [0.05, 0.1) is 11.4 Å². The van der Waals surface area contributed by atoms with E-state index >= 15 is 0 Å². The van der Waals surface area contributed by atoms with Crippen molar-refractivity contribution in [2.45, 2.75) is 32.1 Å². The SMILES string of the molecule is CN(CCCCCO)CCCC(=O)Nc1ccccc1N. The molecule has 21 heavy (non-hydrogen) atoms. The largest absolute Gasteiger partial charge is 0.397 e. The molecule has 1 amide bonds. The quantitative estimate of drug-likeness (QED) is 0.456. The normalized spacial score (nSPS) is 10.8. The fraction of sp³-hybridized carbons (Fsp3) is 0.562. The molecule has 0 bridgehead atoms. The number of nitrogens with two attached hydrogens (primary N) is 1.